The second kappa shape index (κ2) is 5.73. The molecule has 4 heteroatoms. The van der Waals surface area contributed by atoms with Crippen LogP contribution in [0, 0.1) is 0 Å². The van der Waals surface area contributed by atoms with E-state index in [0.717, 1.165) is 5.56 Å². The molecule has 2 unspecified atom stereocenters. The van der Waals surface area contributed by atoms with Crippen molar-refractivity contribution in [3.63, 3.8) is 0 Å². The summed E-state index contributed by atoms with van der Waals surface area (Å²) in [4.78, 5) is 11.2. The van der Waals surface area contributed by atoms with Crippen molar-refractivity contribution in [3.8, 4) is 0 Å². The minimum Gasteiger partial charge on any atom is -0.460 e. The maximum absolute atomic E-state index is 11.2. The molecule has 1 N–H and O–H groups in total. The van der Waals surface area contributed by atoms with Crippen molar-refractivity contribution in [2.45, 2.75) is 25.0 Å². The van der Waals surface area contributed by atoms with Gasteiger partial charge in [-0.1, -0.05) is 30.3 Å². The molecule has 0 aromatic heterocycles. The number of carbonyl (C=O) groups is 1. The molecule has 0 bridgehead atoms. The molecule has 0 saturated carbocycles. The fourth-order valence-corrected chi connectivity index (χ4v) is 1.07. The Morgan fingerprint density at radius 2 is 2.07 bits per heavy atom. The van der Waals surface area contributed by atoms with Gasteiger partial charge >= 0.3 is 5.97 Å². The highest BCUT2D eigenvalue weighted by atomic mass is 35.5. The first-order chi connectivity index (χ1) is 7.11. The number of alkyl halides is 1. The molecule has 3 nitrogen and oxygen atoms in total. The standard InChI is InChI=1S/C11H13ClO3/c1-8(13)10(12)11(14)15-7-9-5-3-2-4-6-9/h2-6,8,10,13H,7H2,1H3. The molecule has 0 radical (unpaired) electrons. The smallest absolute Gasteiger partial charge is 0.327 e. The largest absolute Gasteiger partial charge is 0.460 e. The van der Waals surface area contributed by atoms with Gasteiger partial charge in [0.05, 0.1) is 6.10 Å². The van der Waals surface area contributed by atoms with Crippen molar-refractivity contribution >= 4 is 17.6 Å². The van der Waals surface area contributed by atoms with E-state index in [9.17, 15) is 4.79 Å². The fourth-order valence-electron chi connectivity index (χ4n) is 1.01. The lowest BCUT2D eigenvalue weighted by Gasteiger charge is -2.11. The van der Waals surface area contributed by atoms with Gasteiger partial charge in [0.25, 0.3) is 0 Å². The Morgan fingerprint density at radius 3 is 2.60 bits per heavy atom. The number of hydrogen-bond donors (Lipinski definition) is 1. The molecule has 1 rings (SSSR count). The van der Waals surface area contributed by atoms with E-state index in [1.165, 1.54) is 6.92 Å². The first kappa shape index (κ1) is 12.0. The Labute approximate surface area is 93.6 Å². The van der Waals surface area contributed by atoms with Crippen molar-refractivity contribution < 1.29 is 14.6 Å². The monoisotopic (exact) mass is 228 g/mol. The highest BCUT2D eigenvalue weighted by Crippen LogP contribution is 2.07. The summed E-state index contributed by atoms with van der Waals surface area (Å²) in [5, 5.41) is 8.05. The zero-order chi connectivity index (χ0) is 11.3. The highest BCUT2D eigenvalue weighted by Gasteiger charge is 2.22. The number of hydrogen-bond acceptors (Lipinski definition) is 3. The van der Waals surface area contributed by atoms with E-state index < -0.39 is 17.5 Å². The summed E-state index contributed by atoms with van der Waals surface area (Å²) in [6, 6.07) is 9.29. The number of benzene rings is 1. The molecule has 1 aromatic rings. The molecule has 0 aliphatic rings. The van der Waals surface area contributed by atoms with Crippen LogP contribution in [-0.4, -0.2) is 22.6 Å². The van der Waals surface area contributed by atoms with Gasteiger partial charge < -0.3 is 9.84 Å². The summed E-state index contributed by atoms with van der Waals surface area (Å²) in [5.74, 6) is -0.601. The molecule has 1 aromatic carbocycles. The van der Waals surface area contributed by atoms with Crippen LogP contribution in [0.1, 0.15) is 12.5 Å². The van der Waals surface area contributed by atoms with Crippen molar-refractivity contribution in [2.24, 2.45) is 0 Å². The number of carbonyl (C=O) groups excluding carboxylic acids is 1. The van der Waals surface area contributed by atoms with E-state index in [1.54, 1.807) is 0 Å². The summed E-state index contributed by atoms with van der Waals surface area (Å²) in [5.41, 5.74) is 0.889. The van der Waals surface area contributed by atoms with Crippen LogP contribution in [0.4, 0.5) is 0 Å². The minimum absolute atomic E-state index is 0.176. The zero-order valence-electron chi connectivity index (χ0n) is 8.39. The van der Waals surface area contributed by atoms with Gasteiger partial charge in [-0.25, -0.2) is 0 Å². The Kier molecular flexibility index (Phi) is 4.59. The van der Waals surface area contributed by atoms with Gasteiger partial charge in [-0.15, -0.1) is 11.6 Å². The molecule has 15 heavy (non-hydrogen) atoms. The molecule has 0 heterocycles. The normalized spacial score (nSPS) is 14.3. The lowest BCUT2D eigenvalue weighted by molar-refractivity contribution is -0.146. The van der Waals surface area contributed by atoms with Crippen molar-refractivity contribution in [1.82, 2.24) is 0 Å². The first-order valence-corrected chi connectivity index (χ1v) is 5.07. The second-order valence-electron chi connectivity index (χ2n) is 3.24. The second-order valence-corrected chi connectivity index (χ2v) is 3.71. The Bertz CT molecular complexity index is 311. The molecule has 0 aliphatic carbocycles. The van der Waals surface area contributed by atoms with E-state index in [4.69, 9.17) is 21.4 Å². The highest BCUT2D eigenvalue weighted by molar-refractivity contribution is 6.30. The number of halogens is 1. The summed E-state index contributed by atoms with van der Waals surface area (Å²) in [7, 11) is 0. The van der Waals surface area contributed by atoms with Crippen LogP contribution in [0.2, 0.25) is 0 Å². The summed E-state index contributed by atoms with van der Waals surface area (Å²) in [6.07, 6.45) is -0.907. The quantitative estimate of drug-likeness (QED) is 0.631. The van der Waals surface area contributed by atoms with E-state index >= 15 is 0 Å². The zero-order valence-corrected chi connectivity index (χ0v) is 9.15. The van der Waals surface area contributed by atoms with Gasteiger partial charge in [0, 0.05) is 0 Å². The number of aliphatic hydroxyl groups excluding tert-OH is 1. The van der Waals surface area contributed by atoms with Gasteiger partial charge in [0.2, 0.25) is 0 Å². The van der Waals surface area contributed by atoms with Crippen LogP contribution < -0.4 is 0 Å². The van der Waals surface area contributed by atoms with Crippen molar-refractivity contribution in [3.05, 3.63) is 35.9 Å². The predicted octanol–water partition coefficient (Wildman–Crippen LogP) is 1.72. The SMILES string of the molecule is CC(O)C(Cl)C(=O)OCc1ccccc1. The molecule has 0 fully saturated rings. The molecule has 0 spiro atoms. The van der Waals surface area contributed by atoms with Gasteiger partial charge in [0.1, 0.15) is 6.61 Å². The van der Waals surface area contributed by atoms with Gasteiger partial charge in [0.15, 0.2) is 5.38 Å². The summed E-state index contributed by atoms with van der Waals surface area (Å²) < 4.78 is 4.92. The maximum atomic E-state index is 11.2. The van der Waals surface area contributed by atoms with Gasteiger partial charge in [-0.05, 0) is 12.5 Å². The lowest BCUT2D eigenvalue weighted by Crippen LogP contribution is -2.28. The molecular formula is C11H13ClO3. The Morgan fingerprint density at radius 1 is 1.47 bits per heavy atom. The van der Waals surface area contributed by atoms with Crippen LogP contribution in [-0.2, 0) is 16.1 Å². The molecule has 0 saturated heterocycles. The maximum Gasteiger partial charge on any atom is 0.327 e. The molecule has 82 valence electrons. The summed E-state index contributed by atoms with van der Waals surface area (Å²) in [6.45, 7) is 1.62. The van der Waals surface area contributed by atoms with E-state index in [0.29, 0.717) is 0 Å². The third-order valence-corrected chi connectivity index (χ3v) is 2.42. The van der Waals surface area contributed by atoms with E-state index in [2.05, 4.69) is 0 Å². The summed E-state index contributed by atoms with van der Waals surface area (Å²) >= 11 is 5.61. The van der Waals surface area contributed by atoms with Gasteiger partial charge in [-0.3, -0.25) is 4.79 Å². The minimum atomic E-state index is -1.01. The molecule has 2 atom stereocenters. The lowest BCUT2D eigenvalue weighted by atomic mass is 10.2. The Hall–Kier alpha value is -1.06. The van der Waals surface area contributed by atoms with Crippen LogP contribution in [0.25, 0.3) is 0 Å². The van der Waals surface area contributed by atoms with E-state index in [1.807, 2.05) is 30.3 Å². The van der Waals surface area contributed by atoms with Gasteiger partial charge in [-0.2, -0.15) is 0 Å². The third-order valence-electron chi connectivity index (χ3n) is 1.87. The number of aliphatic hydroxyl groups is 1. The van der Waals surface area contributed by atoms with Crippen LogP contribution in [0.5, 0.6) is 0 Å². The van der Waals surface area contributed by atoms with Crippen LogP contribution >= 0.6 is 11.6 Å². The van der Waals surface area contributed by atoms with E-state index in [-0.39, 0.29) is 6.61 Å². The number of rotatable bonds is 4. The van der Waals surface area contributed by atoms with Crippen molar-refractivity contribution in [1.29, 1.82) is 0 Å². The number of ether oxygens (including phenoxy) is 1. The molecule has 0 aliphatic heterocycles. The van der Waals surface area contributed by atoms with Crippen LogP contribution in [0.3, 0.4) is 0 Å². The van der Waals surface area contributed by atoms with Crippen molar-refractivity contribution in [2.75, 3.05) is 0 Å². The first-order valence-electron chi connectivity index (χ1n) is 4.64. The average molecular weight is 229 g/mol. The average Bonchev–Trinajstić information content (AvgIpc) is 2.26. The molecular weight excluding hydrogens is 216 g/mol. The van der Waals surface area contributed by atoms with Crippen LogP contribution in [0.15, 0.2) is 30.3 Å². The third kappa shape index (κ3) is 3.90. The Balaban J connectivity index is 2.41. The number of esters is 1. The topological polar surface area (TPSA) is 46.5 Å². The predicted molar refractivity (Wildman–Crippen MR) is 57.6 cm³/mol. The fraction of sp³-hybridized carbons (Fsp3) is 0.364. The molecule has 0 amide bonds.